The van der Waals surface area contributed by atoms with Gasteiger partial charge in [0.1, 0.15) is 0 Å². The van der Waals surface area contributed by atoms with Gasteiger partial charge in [0.15, 0.2) is 4.87 Å². The summed E-state index contributed by atoms with van der Waals surface area (Å²) in [5.74, 6) is 0. The molecule has 0 fully saturated rings. The van der Waals surface area contributed by atoms with Crippen molar-refractivity contribution in [3.8, 4) is 0 Å². The van der Waals surface area contributed by atoms with Crippen LogP contribution in [0.2, 0.25) is 0 Å². The maximum Gasteiger partial charge on any atom is 0.412 e. The standard InChI is InChI=1S/C6H9ClF3N/c1-3-11-4-5(2,7)6(8,9)10/h4H,3H2,1-2H3. The molecule has 0 aliphatic heterocycles. The summed E-state index contributed by atoms with van der Waals surface area (Å²) in [6.45, 7) is 2.81. The van der Waals surface area contributed by atoms with Crippen molar-refractivity contribution in [3.63, 3.8) is 0 Å². The fourth-order valence-corrected chi connectivity index (χ4v) is 0.405. The molecule has 0 bridgehead atoms. The number of hydrogen-bond donors (Lipinski definition) is 0. The lowest BCUT2D eigenvalue weighted by Gasteiger charge is -2.19. The summed E-state index contributed by atoms with van der Waals surface area (Å²) in [5.41, 5.74) is 0. The number of halogens is 4. The fourth-order valence-electron chi connectivity index (χ4n) is 0.336. The molecule has 0 spiro atoms. The molecule has 0 amide bonds. The summed E-state index contributed by atoms with van der Waals surface area (Å²) < 4.78 is 35.8. The highest BCUT2D eigenvalue weighted by Crippen LogP contribution is 2.34. The van der Waals surface area contributed by atoms with Crippen molar-refractivity contribution in [1.82, 2.24) is 0 Å². The molecule has 0 aromatic rings. The first-order valence-corrected chi connectivity index (χ1v) is 3.45. The number of rotatable bonds is 2. The van der Waals surface area contributed by atoms with Gasteiger partial charge in [0.2, 0.25) is 0 Å². The van der Waals surface area contributed by atoms with Crippen molar-refractivity contribution in [2.24, 2.45) is 4.99 Å². The molecule has 0 aliphatic rings. The van der Waals surface area contributed by atoms with E-state index in [4.69, 9.17) is 11.6 Å². The highest BCUT2D eigenvalue weighted by atomic mass is 35.5. The minimum Gasteiger partial charge on any atom is -0.296 e. The molecule has 1 unspecified atom stereocenters. The Labute approximate surface area is 68.3 Å². The smallest absolute Gasteiger partial charge is 0.296 e. The van der Waals surface area contributed by atoms with Crippen LogP contribution in [0, 0.1) is 0 Å². The number of alkyl halides is 4. The zero-order valence-corrected chi connectivity index (χ0v) is 7.00. The Morgan fingerprint density at radius 2 is 1.91 bits per heavy atom. The van der Waals surface area contributed by atoms with Gasteiger partial charge < -0.3 is 0 Å². The molecular formula is C6H9ClF3N. The topological polar surface area (TPSA) is 12.4 Å². The Morgan fingerprint density at radius 1 is 1.45 bits per heavy atom. The van der Waals surface area contributed by atoms with Gasteiger partial charge in [0.05, 0.1) is 0 Å². The van der Waals surface area contributed by atoms with Crippen LogP contribution in [0.1, 0.15) is 13.8 Å². The van der Waals surface area contributed by atoms with Crippen molar-refractivity contribution in [2.45, 2.75) is 24.9 Å². The Balaban J connectivity index is 4.34. The molecule has 0 rings (SSSR count). The van der Waals surface area contributed by atoms with E-state index >= 15 is 0 Å². The lowest BCUT2D eigenvalue weighted by Crippen LogP contribution is -2.38. The molecule has 1 atom stereocenters. The maximum absolute atomic E-state index is 11.9. The van der Waals surface area contributed by atoms with E-state index in [0.717, 1.165) is 6.92 Å². The Hall–Kier alpha value is -0.250. The van der Waals surface area contributed by atoms with Gasteiger partial charge in [0.25, 0.3) is 0 Å². The van der Waals surface area contributed by atoms with E-state index in [9.17, 15) is 13.2 Å². The molecular weight excluding hydrogens is 179 g/mol. The van der Waals surface area contributed by atoms with Gasteiger partial charge in [0, 0.05) is 12.8 Å². The van der Waals surface area contributed by atoms with Gasteiger partial charge in [-0.3, -0.25) is 4.99 Å². The minimum absolute atomic E-state index is 0.304. The Bertz CT molecular complexity index is 150. The summed E-state index contributed by atoms with van der Waals surface area (Å²) in [4.78, 5) is 1.10. The van der Waals surface area contributed by atoms with Crippen molar-refractivity contribution in [3.05, 3.63) is 0 Å². The third kappa shape index (κ3) is 3.10. The summed E-state index contributed by atoms with van der Waals surface area (Å²) in [5, 5.41) is 0. The second kappa shape index (κ2) is 3.43. The van der Waals surface area contributed by atoms with Crippen molar-refractivity contribution < 1.29 is 13.2 Å². The molecule has 66 valence electrons. The van der Waals surface area contributed by atoms with Gasteiger partial charge in [-0.1, -0.05) is 0 Å². The molecule has 0 N–H and O–H groups in total. The van der Waals surface area contributed by atoms with Crippen LogP contribution in [0.5, 0.6) is 0 Å². The second-order valence-electron chi connectivity index (χ2n) is 2.20. The molecule has 0 aromatic heterocycles. The number of hydrogen-bond acceptors (Lipinski definition) is 1. The second-order valence-corrected chi connectivity index (χ2v) is 2.99. The average molecular weight is 188 g/mol. The number of aliphatic imine (C=N–C) groups is 1. The Kier molecular flexibility index (Phi) is 3.35. The molecule has 0 aromatic carbocycles. The predicted octanol–water partition coefficient (Wildman–Crippen LogP) is 2.64. The van der Waals surface area contributed by atoms with Crippen LogP contribution in [0.4, 0.5) is 13.2 Å². The lowest BCUT2D eigenvalue weighted by atomic mass is 10.2. The van der Waals surface area contributed by atoms with Gasteiger partial charge in [-0.25, -0.2) is 0 Å². The molecule has 0 saturated heterocycles. The molecule has 0 radical (unpaired) electrons. The molecule has 11 heavy (non-hydrogen) atoms. The third-order valence-electron chi connectivity index (χ3n) is 1.07. The van der Waals surface area contributed by atoms with E-state index in [0.29, 0.717) is 12.8 Å². The van der Waals surface area contributed by atoms with E-state index in [1.54, 1.807) is 6.92 Å². The van der Waals surface area contributed by atoms with Crippen LogP contribution >= 0.6 is 11.6 Å². The van der Waals surface area contributed by atoms with Crippen LogP contribution in [0.15, 0.2) is 4.99 Å². The average Bonchev–Trinajstić information content (AvgIpc) is 1.81. The van der Waals surface area contributed by atoms with E-state index in [2.05, 4.69) is 4.99 Å². The van der Waals surface area contributed by atoms with E-state index in [1.807, 2.05) is 0 Å². The van der Waals surface area contributed by atoms with E-state index in [1.165, 1.54) is 0 Å². The summed E-state index contributed by atoms with van der Waals surface area (Å²) in [6.07, 6.45) is -3.72. The molecule has 0 saturated carbocycles. The van der Waals surface area contributed by atoms with Gasteiger partial charge in [-0.2, -0.15) is 13.2 Å². The van der Waals surface area contributed by atoms with E-state index < -0.39 is 11.1 Å². The van der Waals surface area contributed by atoms with Crippen LogP contribution < -0.4 is 0 Å². The van der Waals surface area contributed by atoms with Crippen LogP contribution in [-0.4, -0.2) is 23.8 Å². The minimum atomic E-state index is -4.44. The molecule has 1 nitrogen and oxygen atoms in total. The highest BCUT2D eigenvalue weighted by molar-refractivity contribution is 6.32. The predicted molar refractivity (Wildman–Crippen MR) is 39.3 cm³/mol. The zero-order valence-electron chi connectivity index (χ0n) is 6.24. The first-order valence-electron chi connectivity index (χ1n) is 3.08. The summed E-state index contributed by atoms with van der Waals surface area (Å²) in [7, 11) is 0. The largest absolute Gasteiger partial charge is 0.412 e. The summed E-state index contributed by atoms with van der Waals surface area (Å²) in [6, 6.07) is 0. The Morgan fingerprint density at radius 3 is 2.18 bits per heavy atom. The van der Waals surface area contributed by atoms with Crippen LogP contribution in [0.25, 0.3) is 0 Å². The normalized spacial score (nSPS) is 18.7. The van der Waals surface area contributed by atoms with Gasteiger partial charge in [-0.15, -0.1) is 11.6 Å². The maximum atomic E-state index is 11.9. The fraction of sp³-hybridized carbons (Fsp3) is 0.833. The van der Waals surface area contributed by atoms with Gasteiger partial charge >= 0.3 is 6.18 Å². The quantitative estimate of drug-likeness (QED) is 0.466. The summed E-state index contributed by atoms with van der Waals surface area (Å²) >= 11 is 5.12. The zero-order chi connectivity index (χ0) is 9.12. The van der Waals surface area contributed by atoms with Crippen molar-refractivity contribution in [2.75, 3.05) is 6.54 Å². The van der Waals surface area contributed by atoms with Crippen molar-refractivity contribution in [1.29, 1.82) is 0 Å². The van der Waals surface area contributed by atoms with E-state index in [-0.39, 0.29) is 0 Å². The van der Waals surface area contributed by atoms with Crippen LogP contribution in [0.3, 0.4) is 0 Å². The number of nitrogens with zero attached hydrogens (tertiary/aromatic N) is 1. The first kappa shape index (κ1) is 10.8. The first-order chi connectivity index (χ1) is 4.81. The van der Waals surface area contributed by atoms with Crippen molar-refractivity contribution >= 4 is 17.8 Å². The monoisotopic (exact) mass is 187 g/mol. The van der Waals surface area contributed by atoms with Gasteiger partial charge in [-0.05, 0) is 13.8 Å². The lowest BCUT2D eigenvalue weighted by molar-refractivity contribution is -0.140. The molecule has 0 aliphatic carbocycles. The molecule has 0 heterocycles. The van der Waals surface area contributed by atoms with Crippen LogP contribution in [-0.2, 0) is 0 Å². The SMILES string of the molecule is CCN=CC(C)(Cl)C(F)(F)F. The third-order valence-corrected chi connectivity index (χ3v) is 1.38. The highest BCUT2D eigenvalue weighted by Gasteiger charge is 2.48. The molecule has 5 heteroatoms.